The third-order valence-corrected chi connectivity index (χ3v) is 2.63. The molecular formula is C13H16N2O. The summed E-state index contributed by atoms with van der Waals surface area (Å²) in [4.78, 5) is 13.6. The van der Waals surface area contributed by atoms with Crippen molar-refractivity contribution in [2.24, 2.45) is 0 Å². The molecule has 0 spiro atoms. The average Bonchev–Trinajstić information content (AvgIpc) is 2.16. The largest absolute Gasteiger partial charge is 0.332 e. The molecule has 3 nitrogen and oxygen atoms in total. The molecule has 0 saturated carbocycles. The van der Waals surface area contributed by atoms with Gasteiger partial charge < -0.3 is 5.32 Å². The van der Waals surface area contributed by atoms with E-state index in [0.29, 0.717) is 0 Å². The predicted molar refractivity (Wildman–Crippen MR) is 65.3 cm³/mol. The highest BCUT2D eigenvalue weighted by molar-refractivity contribution is 5.96. The fourth-order valence-electron chi connectivity index (χ4n) is 2.00. The van der Waals surface area contributed by atoms with Crippen LogP contribution in [0, 0.1) is 0 Å². The number of anilines is 1. The van der Waals surface area contributed by atoms with E-state index in [1.54, 1.807) is 4.90 Å². The van der Waals surface area contributed by atoms with Crippen molar-refractivity contribution in [3.8, 4) is 0 Å². The van der Waals surface area contributed by atoms with Gasteiger partial charge in [0.05, 0.1) is 5.69 Å². The van der Waals surface area contributed by atoms with Crippen LogP contribution in [0.25, 0.3) is 0 Å². The lowest BCUT2D eigenvalue weighted by molar-refractivity contribution is 0.230. The first-order chi connectivity index (χ1) is 7.49. The smallest absolute Gasteiger partial charge is 0.326 e. The van der Waals surface area contributed by atoms with Gasteiger partial charge in [0.2, 0.25) is 0 Å². The summed E-state index contributed by atoms with van der Waals surface area (Å²) in [6.45, 7) is 7.98. The number of rotatable bonds is 1. The first-order valence-electron chi connectivity index (χ1n) is 5.35. The SMILES string of the molecule is C=C1CC(C)(C)NC(=O)N1c1ccccc1. The van der Waals surface area contributed by atoms with Gasteiger partial charge in [-0.1, -0.05) is 24.8 Å². The van der Waals surface area contributed by atoms with Crippen molar-refractivity contribution in [3.63, 3.8) is 0 Å². The van der Waals surface area contributed by atoms with Gasteiger partial charge in [-0.15, -0.1) is 0 Å². The van der Waals surface area contributed by atoms with Gasteiger partial charge in [-0.2, -0.15) is 0 Å². The molecule has 16 heavy (non-hydrogen) atoms. The summed E-state index contributed by atoms with van der Waals surface area (Å²) in [5, 5.41) is 2.96. The van der Waals surface area contributed by atoms with E-state index in [1.165, 1.54) is 0 Å². The van der Waals surface area contributed by atoms with Crippen molar-refractivity contribution in [1.82, 2.24) is 5.32 Å². The summed E-state index contributed by atoms with van der Waals surface area (Å²) in [7, 11) is 0. The Morgan fingerprint density at radius 2 is 1.94 bits per heavy atom. The second-order valence-electron chi connectivity index (χ2n) is 4.73. The first-order valence-corrected chi connectivity index (χ1v) is 5.35. The molecule has 1 aliphatic rings. The van der Waals surface area contributed by atoms with Crippen molar-refractivity contribution in [2.75, 3.05) is 4.90 Å². The summed E-state index contributed by atoms with van der Waals surface area (Å²) in [6, 6.07) is 9.46. The van der Waals surface area contributed by atoms with Crippen LogP contribution in [-0.4, -0.2) is 11.6 Å². The van der Waals surface area contributed by atoms with Gasteiger partial charge in [0.1, 0.15) is 0 Å². The maximum absolute atomic E-state index is 12.0. The van der Waals surface area contributed by atoms with E-state index in [1.807, 2.05) is 44.2 Å². The summed E-state index contributed by atoms with van der Waals surface area (Å²) < 4.78 is 0. The van der Waals surface area contributed by atoms with Crippen LogP contribution >= 0.6 is 0 Å². The second kappa shape index (κ2) is 3.67. The molecule has 1 heterocycles. The Hall–Kier alpha value is -1.77. The van der Waals surface area contributed by atoms with E-state index >= 15 is 0 Å². The Labute approximate surface area is 95.8 Å². The number of nitrogens with one attached hydrogen (secondary N) is 1. The summed E-state index contributed by atoms with van der Waals surface area (Å²) in [5.74, 6) is 0. The Kier molecular flexibility index (Phi) is 2.46. The van der Waals surface area contributed by atoms with Crippen LogP contribution in [0.4, 0.5) is 10.5 Å². The predicted octanol–water partition coefficient (Wildman–Crippen LogP) is 2.90. The van der Waals surface area contributed by atoms with Crippen LogP contribution < -0.4 is 10.2 Å². The van der Waals surface area contributed by atoms with Crippen molar-refractivity contribution < 1.29 is 4.79 Å². The van der Waals surface area contributed by atoms with Crippen molar-refractivity contribution in [1.29, 1.82) is 0 Å². The van der Waals surface area contributed by atoms with Crippen molar-refractivity contribution in [2.45, 2.75) is 25.8 Å². The monoisotopic (exact) mass is 216 g/mol. The van der Waals surface area contributed by atoms with Crippen LogP contribution in [0.15, 0.2) is 42.6 Å². The van der Waals surface area contributed by atoms with Crippen molar-refractivity contribution >= 4 is 11.7 Å². The van der Waals surface area contributed by atoms with Crippen molar-refractivity contribution in [3.05, 3.63) is 42.6 Å². The fraction of sp³-hybridized carbons (Fsp3) is 0.308. The van der Waals surface area contributed by atoms with Crippen LogP contribution in [-0.2, 0) is 0 Å². The van der Waals surface area contributed by atoms with E-state index < -0.39 is 0 Å². The van der Waals surface area contributed by atoms with Gasteiger partial charge in [0.25, 0.3) is 0 Å². The molecule has 2 rings (SSSR count). The number of para-hydroxylation sites is 1. The molecule has 0 bridgehead atoms. The highest BCUT2D eigenvalue weighted by Gasteiger charge is 2.33. The number of amides is 2. The second-order valence-corrected chi connectivity index (χ2v) is 4.73. The van der Waals surface area contributed by atoms with Crippen LogP contribution in [0.3, 0.4) is 0 Å². The Bertz CT molecular complexity index is 403. The van der Waals surface area contributed by atoms with Gasteiger partial charge in [0, 0.05) is 17.7 Å². The molecule has 0 aromatic heterocycles. The minimum absolute atomic E-state index is 0.104. The molecule has 1 aromatic rings. The van der Waals surface area contributed by atoms with E-state index in [-0.39, 0.29) is 11.6 Å². The lowest BCUT2D eigenvalue weighted by atomic mass is 9.96. The zero-order valence-corrected chi connectivity index (χ0v) is 9.66. The molecule has 0 aliphatic carbocycles. The van der Waals surface area contributed by atoms with Crippen LogP contribution in [0.1, 0.15) is 20.3 Å². The zero-order chi connectivity index (χ0) is 11.8. The quantitative estimate of drug-likeness (QED) is 0.769. The number of hydrogen-bond donors (Lipinski definition) is 1. The summed E-state index contributed by atoms with van der Waals surface area (Å²) in [6.07, 6.45) is 0.758. The summed E-state index contributed by atoms with van der Waals surface area (Å²) >= 11 is 0. The molecule has 0 radical (unpaired) electrons. The molecule has 0 unspecified atom stereocenters. The Morgan fingerprint density at radius 3 is 2.50 bits per heavy atom. The maximum atomic E-state index is 12.0. The van der Waals surface area contributed by atoms with Crippen LogP contribution in [0.2, 0.25) is 0 Å². The number of nitrogens with zero attached hydrogens (tertiary/aromatic N) is 1. The zero-order valence-electron chi connectivity index (χ0n) is 9.66. The maximum Gasteiger partial charge on any atom is 0.326 e. The standard InChI is InChI=1S/C13H16N2O/c1-10-9-13(2,3)14-12(16)15(10)11-7-5-4-6-8-11/h4-8H,1,9H2,2-3H3,(H,14,16). The Morgan fingerprint density at radius 1 is 1.31 bits per heavy atom. The molecule has 1 N–H and O–H groups in total. The molecular weight excluding hydrogens is 200 g/mol. The Balaban J connectivity index is 2.31. The van der Waals surface area contributed by atoms with E-state index in [0.717, 1.165) is 17.8 Å². The molecule has 3 heteroatoms. The minimum atomic E-state index is -0.209. The normalized spacial score (nSPS) is 19.5. The molecule has 1 aliphatic heterocycles. The number of carbonyl (C=O) groups excluding carboxylic acids is 1. The van der Waals surface area contributed by atoms with E-state index in [2.05, 4.69) is 11.9 Å². The average molecular weight is 216 g/mol. The van der Waals surface area contributed by atoms with Gasteiger partial charge in [-0.05, 0) is 26.0 Å². The van der Waals surface area contributed by atoms with E-state index in [4.69, 9.17) is 0 Å². The summed E-state index contributed by atoms with van der Waals surface area (Å²) in [5.41, 5.74) is 1.49. The number of urea groups is 1. The van der Waals surface area contributed by atoms with Gasteiger partial charge in [0.15, 0.2) is 0 Å². The van der Waals surface area contributed by atoms with Gasteiger partial charge >= 0.3 is 6.03 Å². The lowest BCUT2D eigenvalue weighted by Crippen LogP contribution is -2.55. The topological polar surface area (TPSA) is 32.3 Å². The number of hydrogen-bond acceptors (Lipinski definition) is 1. The lowest BCUT2D eigenvalue weighted by Gasteiger charge is -2.39. The third kappa shape index (κ3) is 1.94. The number of carbonyl (C=O) groups is 1. The third-order valence-electron chi connectivity index (χ3n) is 2.63. The molecule has 0 atom stereocenters. The fourth-order valence-corrected chi connectivity index (χ4v) is 2.00. The first kappa shape index (κ1) is 10.7. The molecule has 1 saturated heterocycles. The highest BCUT2D eigenvalue weighted by Crippen LogP contribution is 2.28. The molecule has 1 fully saturated rings. The minimum Gasteiger partial charge on any atom is -0.332 e. The highest BCUT2D eigenvalue weighted by atomic mass is 16.2. The van der Waals surface area contributed by atoms with Crippen LogP contribution in [0.5, 0.6) is 0 Å². The van der Waals surface area contributed by atoms with Gasteiger partial charge in [-0.25, -0.2) is 4.79 Å². The molecule has 84 valence electrons. The molecule has 2 amide bonds. The van der Waals surface area contributed by atoms with E-state index in [9.17, 15) is 4.79 Å². The van der Waals surface area contributed by atoms with Gasteiger partial charge in [-0.3, -0.25) is 4.90 Å². The molecule has 1 aromatic carbocycles. The number of benzene rings is 1.